The van der Waals surface area contributed by atoms with Crippen LogP contribution < -0.4 is 15.8 Å². The van der Waals surface area contributed by atoms with Crippen molar-refractivity contribution in [3.8, 4) is 5.75 Å². The van der Waals surface area contributed by atoms with E-state index in [2.05, 4.69) is 5.32 Å². The number of primary amides is 1. The highest BCUT2D eigenvalue weighted by molar-refractivity contribution is 8.00. The maximum atomic E-state index is 13.4. The number of hydrogen-bond acceptors (Lipinski definition) is 4. The molecule has 0 saturated carbocycles. The van der Waals surface area contributed by atoms with Gasteiger partial charge in [-0.15, -0.1) is 11.8 Å². The van der Waals surface area contributed by atoms with E-state index in [0.29, 0.717) is 16.3 Å². The topological polar surface area (TPSA) is 81.4 Å². The molecule has 0 atom stereocenters. The van der Waals surface area contributed by atoms with Crippen molar-refractivity contribution in [1.82, 2.24) is 0 Å². The summed E-state index contributed by atoms with van der Waals surface area (Å²) in [4.78, 5) is 22.9. The molecule has 0 aliphatic rings. The highest BCUT2D eigenvalue weighted by Gasteiger charge is 2.07. The Morgan fingerprint density at radius 2 is 1.83 bits per heavy atom. The van der Waals surface area contributed by atoms with Crippen LogP contribution in [0, 0.1) is 5.82 Å². The first-order chi connectivity index (χ1) is 11.0. The smallest absolute Gasteiger partial charge is 0.255 e. The van der Waals surface area contributed by atoms with Crippen molar-refractivity contribution >= 4 is 29.3 Å². The third-order valence-corrected chi connectivity index (χ3v) is 3.76. The molecule has 23 heavy (non-hydrogen) atoms. The van der Waals surface area contributed by atoms with Gasteiger partial charge in [-0.2, -0.15) is 0 Å². The van der Waals surface area contributed by atoms with Crippen molar-refractivity contribution in [2.45, 2.75) is 4.90 Å². The van der Waals surface area contributed by atoms with Crippen LogP contribution >= 0.6 is 11.8 Å². The minimum atomic E-state index is -0.562. The Bertz CT molecular complexity index is 692. The van der Waals surface area contributed by atoms with Crippen molar-refractivity contribution in [1.29, 1.82) is 0 Å². The maximum Gasteiger partial charge on any atom is 0.255 e. The number of nitrogens with two attached hydrogens (primary N) is 1. The van der Waals surface area contributed by atoms with Crippen LogP contribution in [0.5, 0.6) is 5.75 Å². The number of thioether (sulfide) groups is 1. The summed E-state index contributed by atoms with van der Waals surface area (Å²) in [6, 6.07) is 12.8. The monoisotopic (exact) mass is 334 g/mol. The van der Waals surface area contributed by atoms with Gasteiger partial charge in [-0.1, -0.05) is 12.1 Å². The van der Waals surface area contributed by atoms with Crippen LogP contribution in [-0.2, 0) is 9.59 Å². The van der Waals surface area contributed by atoms with E-state index in [0.717, 1.165) is 11.8 Å². The number of amides is 2. The fraction of sp³-hybridized carbons (Fsp3) is 0.125. The second-order valence-corrected chi connectivity index (χ2v) is 5.56. The lowest BCUT2D eigenvalue weighted by Gasteiger charge is -2.07. The number of carbonyl (C=O) groups excluding carboxylic acids is 2. The lowest BCUT2D eigenvalue weighted by Crippen LogP contribution is -2.20. The third-order valence-electron chi connectivity index (χ3n) is 2.71. The van der Waals surface area contributed by atoms with Crippen LogP contribution in [0.2, 0.25) is 0 Å². The molecule has 0 aliphatic heterocycles. The molecule has 0 unspecified atom stereocenters. The average Bonchev–Trinajstić information content (AvgIpc) is 2.53. The fourth-order valence-electron chi connectivity index (χ4n) is 1.69. The molecule has 0 aliphatic carbocycles. The van der Waals surface area contributed by atoms with Crippen molar-refractivity contribution in [2.24, 2.45) is 5.73 Å². The number of nitrogens with one attached hydrogen (secondary N) is 1. The zero-order valence-corrected chi connectivity index (χ0v) is 12.9. The quantitative estimate of drug-likeness (QED) is 0.762. The van der Waals surface area contributed by atoms with Gasteiger partial charge in [-0.25, -0.2) is 4.39 Å². The van der Waals surface area contributed by atoms with Gasteiger partial charge < -0.3 is 15.8 Å². The molecule has 120 valence electrons. The minimum Gasteiger partial charge on any atom is -0.484 e. The van der Waals surface area contributed by atoms with Crippen LogP contribution in [0.4, 0.5) is 10.1 Å². The van der Waals surface area contributed by atoms with Gasteiger partial charge in [0.15, 0.2) is 6.61 Å². The molecular weight excluding hydrogens is 319 g/mol. The van der Waals surface area contributed by atoms with Crippen LogP contribution in [0.1, 0.15) is 0 Å². The summed E-state index contributed by atoms with van der Waals surface area (Å²) < 4.78 is 18.6. The molecule has 0 spiro atoms. The molecule has 0 bridgehead atoms. The summed E-state index contributed by atoms with van der Waals surface area (Å²) in [6.45, 7) is -0.203. The molecular formula is C16H15FN2O3S. The molecule has 2 rings (SSSR count). The lowest BCUT2D eigenvalue weighted by molar-refractivity contribution is -0.120. The highest BCUT2D eigenvalue weighted by Crippen LogP contribution is 2.21. The van der Waals surface area contributed by atoms with Gasteiger partial charge in [0.05, 0.1) is 5.75 Å². The number of ether oxygens (including phenoxy) is 1. The van der Waals surface area contributed by atoms with E-state index in [1.807, 2.05) is 0 Å². The Hall–Kier alpha value is -2.54. The zero-order valence-electron chi connectivity index (χ0n) is 12.1. The van der Waals surface area contributed by atoms with E-state index >= 15 is 0 Å². The zero-order chi connectivity index (χ0) is 16.7. The van der Waals surface area contributed by atoms with Crippen molar-refractivity contribution < 1.29 is 18.7 Å². The van der Waals surface area contributed by atoms with Gasteiger partial charge in [-0.3, -0.25) is 9.59 Å². The van der Waals surface area contributed by atoms with Crippen LogP contribution in [0.15, 0.2) is 53.4 Å². The second-order valence-electron chi connectivity index (χ2n) is 4.55. The summed E-state index contributed by atoms with van der Waals surface area (Å²) in [5.41, 5.74) is 5.56. The number of halogens is 1. The molecule has 7 heteroatoms. The number of anilines is 1. The molecule has 2 aromatic carbocycles. The van der Waals surface area contributed by atoms with E-state index in [-0.39, 0.29) is 24.1 Å². The Morgan fingerprint density at radius 3 is 2.48 bits per heavy atom. The molecule has 0 saturated heterocycles. The van der Waals surface area contributed by atoms with Gasteiger partial charge in [-0.05, 0) is 36.4 Å². The minimum absolute atomic E-state index is 0.0981. The van der Waals surface area contributed by atoms with E-state index < -0.39 is 5.91 Å². The molecule has 0 heterocycles. The number of hydrogen-bond donors (Lipinski definition) is 2. The Kier molecular flexibility index (Phi) is 5.99. The second kappa shape index (κ2) is 8.19. The summed E-state index contributed by atoms with van der Waals surface area (Å²) >= 11 is 1.13. The number of rotatable bonds is 7. The molecule has 0 radical (unpaired) electrons. The van der Waals surface area contributed by atoms with Crippen molar-refractivity contribution in [3.63, 3.8) is 0 Å². The highest BCUT2D eigenvalue weighted by atomic mass is 32.2. The first kappa shape index (κ1) is 16.8. The Balaban J connectivity index is 1.83. The predicted octanol–water partition coefficient (Wildman–Crippen LogP) is 2.42. The molecule has 3 N–H and O–H groups in total. The third kappa shape index (κ3) is 5.63. The summed E-state index contributed by atoms with van der Waals surface area (Å²) in [7, 11) is 0. The van der Waals surface area contributed by atoms with E-state index in [1.165, 1.54) is 6.07 Å². The largest absolute Gasteiger partial charge is 0.484 e. The number of benzene rings is 2. The SMILES string of the molecule is NC(=O)COc1ccc(NC(=O)CSc2ccccc2F)cc1. The summed E-state index contributed by atoms with van der Waals surface area (Å²) in [5.74, 6) is -0.582. The van der Waals surface area contributed by atoms with Crippen molar-refractivity contribution in [2.75, 3.05) is 17.7 Å². The Labute approximate surface area is 137 Å². The average molecular weight is 334 g/mol. The molecule has 2 amide bonds. The van der Waals surface area contributed by atoms with E-state index in [1.54, 1.807) is 42.5 Å². The predicted molar refractivity (Wildman–Crippen MR) is 86.9 cm³/mol. The molecule has 5 nitrogen and oxygen atoms in total. The normalized spacial score (nSPS) is 10.1. The Morgan fingerprint density at radius 1 is 1.13 bits per heavy atom. The standard InChI is InChI=1S/C16H15FN2O3S/c17-13-3-1-2-4-14(13)23-10-16(21)19-11-5-7-12(8-6-11)22-9-15(18)20/h1-8H,9-10H2,(H2,18,20)(H,19,21). The van der Waals surface area contributed by atoms with E-state index in [9.17, 15) is 14.0 Å². The van der Waals surface area contributed by atoms with Crippen LogP contribution in [0.3, 0.4) is 0 Å². The van der Waals surface area contributed by atoms with Crippen LogP contribution in [-0.4, -0.2) is 24.2 Å². The van der Waals surface area contributed by atoms with Crippen LogP contribution in [0.25, 0.3) is 0 Å². The molecule has 0 fully saturated rings. The summed E-state index contributed by atoms with van der Waals surface area (Å²) in [5, 5.41) is 2.69. The fourth-order valence-corrected chi connectivity index (χ4v) is 2.43. The number of carbonyl (C=O) groups is 2. The van der Waals surface area contributed by atoms with Gasteiger partial charge in [0.25, 0.3) is 5.91 Å². The first-order valence-corrected chi connectivity index (χ1v) is 7.71. The van der Waals surface area contributed by atoms with Gasteiger partial charge in [0.2, 0.25) is 5.91 Å². The van der Waals surface area contributed by atoms with Gasteiger partial charge in [0.1, 0.15) is 11.6 Å². The lowest BCUT2D eigenvalue weighted by atomic mass is 10.3. The van der Waals surface area contributed by atoms with E-state index in [4.69, 9.17) is 10.5 Å². The van der Waals surface area contributed by atoms with Gasteiger partial charge >= 0.3 is 0 Å². The summed E-state index contributed by atoms with van der Waals surface area (Å²) in [6.07, 6.45) is 0. The maximum absolute atomic E-state index is 13.4. The first-order valence-electron chi connectivity index (χ1n) is 6.73. The van der Waals surface area contributed by atoms with Crippen molar-refractivity contribution in [3.05, 3.63) is 54.3 Å². The van der Waals surface area contributed by atoms with Gasteiger partial charge in [0, 0.05) is 10.6 Å². The molecule has 2 aromatic rings. The molecule has 0 aromatic heterocycles.